The number of rotatable bonds is 1. The van der Waals surface area contributed by atoms with Crippen molar-refractivity contribution in [2.24, 2.45) is 15.9 Å². The van der Waals surface area contributed by atoms with Crippen molar-refractivity contribution in [3.8, 4) is 0 Å². The van der Waals surface area contributed by atoms with E-state index in [9.17, 15) is 4.79 Å². The number of amides is 1. The van der Waals surface area contributed by atoms with Gasteiger partial charge in [0.2, 0.25) is 0 Å². The molecule has 3 nitrogen and oxygen atoms in total. The number of amidine groups is 1. The lowest BCUT2D eigenvalue weighted by Crippen LogP contribution is -2.18. The summed E-state index contributed by atoms with van der Waals surface area (Å²) < 4.78 is 0. The van der Waals surface area contributed by atoms with E-state index in [0.717, 1.165) is 6.42 Å². The lowest BCUT2D eigenvalue weighted by atomic mass is 10.1. The van der Waals surface area contributed by atoms with Crippen LogP contribution in [0.3, 0.4) is 0 Å². The number of aliphatic imine (C=N–C) groups is 2. The minimum absolute atomic E-state index is 0.0631. The zero-order valence-electron chi connectivity index (χ0n) is 6.57. The molecule has 0 N–H and O–H groups in total. The highest BCUT2D eigenvalue weighted by molar-refractivity contribution is 8.13. The zero-order chi connectivity index (χ0) is 8.27. The first-order valence-corrected chi connectivity index (χ1v) is 4.71. The van der Waals surface area contributed by atoms with Gasteiger partial charge < -0.3 is 0 Å². The molecule has 0 radical (unpaired) electrons. The smallest absolute Gasteiger partial charge is 0.256 e. The molecule has 1 aliphatic heterocycles. The van der Waals surface area contributed by atoms with Crippen molar-refractivity contribution in [2.45, 2.75) is 13.3 Å². The monoisotopic (exact) mass is 170 g/mol. The van der Waals surface area contributed by atoms with Crippen LogP contribution in [0.4, 0.5) is 0 Å². The van der Waals surface area contributed by atoms with Gasteiger partial charge in [-0.3, -0.25) is 4.79 Å². The quantitative estimate of drug-likeness (QED) is 0.596. The Hall–Kier alpha value is -0.640. The van der Waals surface area contributed by atoms with Gasteiger partial charge in [-0.2, -0.15) is 4.99 Å². The van der Waals surface area contributed by atoms with Gasteiger partial charge in [-0.25, -0.2) is 4.99 Å². The van der Waals surface area contributed by atoms with E-state index < -0.39 is 0 Å². The van der Waals surface area contributed by atoms with Crippen LogP contribution in [0, 0.1) is 5.92 Å². The van der Waals surface area contributed by atoms with Crippen LogP contribution in [0.25, 0.3) is 0 Å². The van der Waals surface area contributed by atoms with E-state index in [0.29, 0.717) is 5.17 Å². The summed E-state index contributed by atoms with van der Waals surface area (Å²) in [5.41, 5.74) is 0. The molecule has 0 bridgehead atoms. The topological polar surface area (TPSA) is 41.8 Å². The summed E-state index contributed by atoms with van der Waals surface area (Å²) in [6.07, 6.45) is 4.32. The molecule has 1 atom stereocenters. The highest BCUT2D eigenvalue weighted by Gasteiger charge is 2.17. The molecule has 0 spiro atoms. The Labute approximate surface area is 70.0 Å². The molecular weight excluding hydrogens is 160 g/mol. The van der Waals surface area contributed by atoms with Crippen molar-refractivity contribution in [1.29, 1.82) is 0 Å². The second-order valence-corrected chi connectivity index (χ2v) is 3.00. The van der Waals surface area contributed by atoms with Gasteiger partial charge >= 0.3 is 0 Å². The third-order valence-electron chi connectivity index (χ3n) is 1.51. The predicted octanol–water partition coefficient (Wildman–Crippen LogP) is 1.34. The predicted molar refractivity (Wildman–Crippen MR) is 48.2 cm³/mol. The molecule has 0 aromatic carbocycles. The third-order valence-corrected chi connectivity index (χ3v) is 2.07. The Morgan fingerprint density at radius 1 is 1.73 bits per heavy atom. The van der Waals surface area contributed by atoms with Gasteiger partial charge in [0, 0.05) is 6.21 Å². The van der Waals surface area contributed by atoms with Crippen molar-refractivity contribution in [1.82, 2.24) is 0 Å². The minimum atomic E-state index is -0.0918. The second kappa shape index (κ2) is 3.67. The van der Waals surface area contributed by atoms with Crippen LogP contribution in [-0.4, -0.2) is 23.5 Å². The molecule has 60 valence electrons. The standard InChI is InChI=1S/C7H10N2OS/c1-3-5-4-8-7(11-2)9-6(5)10/h4-5H,3H2,1-2H3. The molecule has 0 saturated heterocycles. The maximum Gasteiger partial charge on any atom is 0.256 e. The van der Waals surface area contributed by atoms with E-state index in [1.807, 2.05) is 13.2 Å². The Morgan fingerprint density at radius 3 is 2.91 bits per heavy atom. The highest BCUT2D eigenvalue weighted by Crippen LogP contribution is 2.11. The largest absolute Gasteiger partial charge is 0.272 e. The number of hydrogen-bond donors (Lipinski definition) is 0. The summed E-state index contributed by atoms with van der Waals surface area (Å²) in [6, 6.07) is 0. The number of carbonyl (C=O) groups is 1. The molecule has 1 rings (SSSR count). The molecule has 0 aromatic heterocycles. The number of thioether (sulfide) groups is 1. The number of hydrogen-bond acceptors (Lipinski definition) is 3. The van der Waals surface area contributed by atoms with E-state index in [1.54, 1.807) is 6.21 Å². The van der Waals surface area contributed by atoms with Gasteiger partial charge in [-0.1, -0.05) is 18.7 Å². The fourth-order valence-electron chi connectivity index (χ4n) is 0.802. The van der Waals surface area contributed by atoms with Gasteiger partial charge in [-0.05, 0) is 12.7 Å². The summed E-state index contributed by atoms with van der Waals surface area (Å²) >= 11 is 1.39. The molecule has 1 amide bonds. The van der Waals surface area contributed by atoms with Gasteiger partial charge in [0.1, 0.15) is 0 Å². The normalized spacial score (nSPS) is 23.6. The first-order valence-electron chi connectivity index (χ1n) is 3.48. The molecule has 0 aliphatic carbocycles. The average Bonchev–Trinajstić information content (AvgIpc) is 2.04. The van der Waals surface area contributed by atoms with Crippen LogP contribution in [0.2, 0.25) is 0 Å². The van der Waals surface area contributed by atoms with Crippen LogP contribution in [0.1, 0.15) is 13.3 Å². The van der Waals surface area contributed by atoms with E-state index in [4.69, 9.17) is 0 Å². The molecule has 4 heteroatoms. The SMILES string of the molecule is CCC1C=NC(SC)=NC1=O. The van der Waals surface area contributed by atoms with Gasteiger partial charge in [-0.15, -0.1) is 0 Å². The molecule has 1 unspecified atom stereocenters. The number of carbonyl (C=O) groups excluding carboxylic acids is 1. The van der Waals surface area contributed by atoms with Crippen molar-refractivity contribution in [3.05, 3.63) is 0 Å². The third kappa shape index (κ3) is 1.89. The van der Waals surface area contributed by atoms with Crippen LogP contribution in [0.15, 0.2) is 9.98 Å². The van der Waals surface area contributed by atoms with Gasteiger partial charge in [0.05, 0.1) is 5.92 Å². The summed E-state index contributed by atoms with van der Waals surface area (Å²) in [4.78, 5) is 18.9. The maximum atomic E-state index is 11.1. The average molecular weight is 170 g/mol. The zero-order valence-corrected chi connectivity index (χ0v) is 7.39. The summed E-state index contributed by atoms with van der Waals surface area (Å²) in [7, 11) is 0. The van der Waals surface area contributed by atoms with Crippen molar-refractivity contribution in [2.75, 3.05) is 6.26 Å². The fraction of sp³-hybridized carbons (Fsp3) is 0.571. The van der Waals surface area contributed by atoms with Crippen LogP contribution in [0.5, 0.6) is 0 Å². The van der Waals surface area contributed by atoms with Gasteiger partial charge in [0.25, 0.3) is 5.91 Å². The molecular formula is C7H10N2OS. The molecule has 0 saturated carbocycles. The maximum absolute atomic E-state index is 11.1. The Bertz CT molecular complexity index is 222. The minimum Gasteiger partial charge on any atom is -0.272 e. The first kappa shape index (κ1) is 8.46. The summed E-state index contributed by atoms with van der Waals surface area (Å²) in [6.45, 7) is 1.95. The molecule has 0 aromatic rings. The van der Waals surface area contributed by atoms with E-state index in [-0.39, 0.29) is 11.8 Å². The molecule has 1 heterocycles. The lowest BCUT2D eigenvalue weighted by Gasteiger charge is -2.08. The van der Waals surface area contributed by atoms with E-state index >= 15 is 0 Å². The van der Waals surface area contributed by atoms with E-state index in [1.165, 1.54) is 11.8 Å². The lowest BCUT2D eigenvalue weighted by molar-refractivity contribution is -0.119. The van der Waals surface area contributed by atoms with E-state index in [2.05, 4.69) is 9.98 Å². The Morgan fingerprint density at radius 2 is 2.45 bits per heavy atom. The molecule has 1 aliphatic rings. The number of nitrogens with zero attached hydrogens (tertiary/aromatic N) is 2. The van der Waals surface area contributed by atoms with Crippen molar-refractivity contribution >= 4 is 29.1 Å². The summed E-state index contributed by atoms with van der Waals surface area (Å²) in [5, 5.41) is 0.569. The summed E-state index contributed by atoms with van der Waals surface area (Å²) in [5.74, 6) is -0.155. The second-order valence-electron chi connectivity index (χ2n) is 2.23. The highest BCUT2D eigenvalue weighted by atomic mass is 32.2. The fourth-order valence-corrected chi connectivity index (χ4v) is 1.15. The van der Waals surface area contributed by atoms with Crippen LogP contribution >= 0.6 is 11.8 Å². The van der Waals surface area contributed by atoms with Crippen molar-refractivity contribution in [3.63, 3.8) is 0 Å². The Balaban J connectivity index is 2.71. The van der Waals surface area contributed by atoms with Gasteiger partial charge in [0.15, 0.2) is 5.17 Å². The molecule has 0 fully saturated rings. The first-order chi connectivity index (χ1) is 5.27. The van der Waals surface area contributed by atoms with Crippen LogP contribution < -0.4 is 0 Å². The van der Waals surface area contributed by atoms with Crippen LogP contribution in [-0.2, 0) is 4.79 Å². The Kier molecular flexibility index (Phi) is 2.82. The molecule has 11 heavy (non-hydrogen) atoms. The van der Waals surface area contributed by atoms with Crippen molar-refractivity contribution < 1.29 is 4.79 Å².